The van der Waals surface area contributed by atoms with Gasteiger partial charge in [-0.05, 0) is 19.8 Å². The highest BCUT2D eigenvalue weighted by Crippen LogP contribution is 2.19. The average molecular weight is 293 g/mol. The lowest BCUT2D eigenvalue weighted by Gasteiger charge is -2.37. The highest BCUT2D eigenvalue weighted by molar-refractivity contribution is 5.94. The molecule has 7 heteroatoms. The van der Waals surface area contributed by atoms with Gasteiger partial charge in [0.2, 0.25) is 5.91 Å². The van der Waals surface area contributed by atoms with Gasteiger partial charge in [-0.3, -0.25) is 9.59 Å². The fourth-order valence-corrected chi connectivity index (χ4v) is 2.60. The fourth-order valence-electron chi connectivity index (χ4n) is 2.60. The lowest BCUT2D eigenvalue weighted by atomic mass is 9.98. The monoisotopic (exact) mass is 293 g/mol. The number of likely N-dealkylation sites (tertiary alicyclic amines) is 1. The fraction of sp³-hybridized carbons (Fsp3) is 0.643. The summed E-state index contributed by atoms with van der Waals surface area (Å²) in [7, 11) is 0. The van der Waals surface area contributed by atoms with E-state index in [1.54, 1.807) is 17.9 Å². The minimum Gasteiger partial charge on any atom is -0.376 e. The third-order valence-electron chi connectivity index (χ3n) is 3.91. The van der Waals surface area contributed by atoms with Gasteiger partial charge in [0.05, 0.1) is 12.0 Å². The van der Waals surface area contributed by atoms with Crippen molar-refractivity contribution in [2.75, 3.05) is 26.2 Å². The Bertz CT molecular complexity index is 530. The van der Waals surface area contributed by atoms with Crippen LogP contribution in [0.1, 0.15) is 29.1 Å². The van der Waals surface area contributed by atoms with Crippen molar-refractivity contribution in [1.82, 2.24) is 15.4 Å². The van der Waals surface area contributed by atoms with Gasteiger partial charge in [0.25, 0.3) is 5.91 Å². The maximum absolute atomic E-state index is 12.0. The van der Waals surface area contributed by atoms with Gasteiger partial charge in [-0.2, -0.15) is 0 Å². The van der Waals surface area contributed by atoms with Gasteiger partial charge in [0.15, 0.2) is 5.69 Å². The van der Waals surface area contributed by atoms with Crippen molar-refractivity contribution in [3.63, 3.8) is 0 Å². The molecule has 114 valence electrons. The second-order valence-corrected chi connectivity index (χ2v) is 5.61. The third-order valence-corrected chi connectivity index (χ3v) is 3.91. The smallest absolute Gasteiger partial charge is 0.276 e. The van der Waals surface area contributed by atoms with Gasteiger partial charge >= 0.3 is 0 Å². The molecule has 2 fully saturated rings. The summed E-state index contributed by atoms with van der Waals surface area (Å²) in [6, 6.07) is 1.60. The second kappa shape index (κ2) is 5.85. The molecule has 1 aromatic rings. The normalized spacial score (nSPS) is 22.1. The molecule has 1 unspecified atom stereocenters. The van der Waals surface area contributed by atoms with E-state index in [-0.39, 0.29) is 23.8 Å². The van der Waals surface area contributed by atoms with Crippen LogP contribution in [0, 0.1) is 12.8 Å². The van der Waals surface area contributed by atoms with Crippen LogP contribution in [-0.4, -0.2) is 54.2 Å². The molecule has 1 atom stereocenters. The Morgan fingerprint density at radius 3 is 2.90 bits per heavy atom. The van der Waals surface area contributed by atoms with Crippen molar-refractivity contribution in [2.24, 2.45) is 5.92 Å². The molecular weight excluding hydrogens is 274 g/mol. The minimum absolute atomic E-state index is 0.00844. The van der Waals surface area contributed by atoms with Gasteiger partial charge in [0.1, 0.15) is 5.76 Å². The molecule has 2 aliphatic heterocycles. The number of ether oxygens (including phenoxy) is 1. The molecule has 21 heavy (non-hydrogen) atoms. The van der Waals surface area contributed by atoms with Crippen molar-refractivity contribution in [3.8, 4) is 0 Å². The summed E-state index contributed by atoms with van der Waals surface area (Å²) in [5.41, 5.74) is 0.297. The molecule has 1 N–H and O–H groups in total. The van der Waals surface area contributed by atoms with Crippen molar-refractivity contribution in [2.45, 2.75) is 25.9 Å². The topological polar surface area (TPSA) is 84.7 Å². The molecule has 0 spiro atoms. The largest absolute Gasteiger partial charge is 0.376 e. The first-order valence-electron chi connectivity index (χ1n) is 7.25. The number of nitrogens with zero attached hydrogens (tertiary/aromatic N) is 2. The summed E-state index contributed by atoms with van der Waals surface area (Å²) in [6.07, 6.45) is 2.20. The number of aromatic nitrogens is 1. The van der Waals surface area contributed by atoms with Gasteiger partial charge in [-0.25, -0.2) is 0 Å². The maximum atomic E-state index is 12.0. The predicted octanol–water partition coefficient (Wildman–Crippen LogP) is 0.350. The standard InChI is InChI=1S/C14H19N3O4/c1-9-5-12(16-21-9)14(19)17-7-10(8-17)13(18)15-6-11-3-2-4-20-11/h5,10-11H,2-4,6-8H2,1H3,(H,15,18). The van der Waals surface area contributed by atoms with Crippen LogP contribution in [-0.2, 0) is 9.53 Å². The Hall–Kier alpha value is -1.89. The van der Waals surface area contributed by atoms with E-state index < -0.39 is 0 Å². The Balaban J connectivity index is 1.42. The van der Waals surface area contributed by atoms with E-state index in [9.17, 15) is 9.59 Å². The van der Waals surface area contributed by atoms with Crippen LogP contribution >= 0.6 is 0 Å². The summed E-state index contributed by atoms with van der Waals surface area (Å²) in [5, 5.41) is 6.59. The minimum atomic E-state index is -0.185. The maximum Gasteiger partial charge on any atom is 0.276 e. The van der Waals surface area contributed by atoms with Crippen LogP contribution in [0.15, 0.2) is 10.6 Å². The average Bonchev–Trinajstić information content (AvgIpc) is 3.05. The van der Waals surface area contributed by atoms with Crippen LogP contribution in [0.5, 0.6) is 0 Å². The van der Waals surface area contributed by atoms with Crippen LogP contribution in [0.2, 0.25) is 0 Å². The Morgan fingerprint density at radius 2 is 2.29 bits per heavy atom. The summed E-state index contributed by atoms with van der Waals surface area (Å²) in [4.78, 5) is 25.6. The van der Waals surface area contributed by atoms with Gasteiger partial charge < -0.3 is 19.5 Å². The number of rotatable bonds is 4. The van der Waals surface area contributed by atoms with Crippen LogP contribution in [0.4, 0.5) is 0 Å². The zero-order valence-corrected chi connectivity index (χ0v) is 12.0. The summed E-state index contributed by atoms with van der Waals surface area (Å²) in [6.45, 7) is 3.94. The van der Waals surface area contributed by atoms with Crippen LogP contribution in [0.25, 0.3) is 0 Å². The van der Waals surface area contributed by atoms with E-state index in [1.165, 1.54) is 0 Å². The van der Waals surface area contributed by atoms with Gasteiger partial charge in [0, 0.05) is 32.3 Å². The number of aryl methyl sites for hydroxylation is 1. The molecule has 0 aromatic carbocycles. The van der Waals surface area contributed by atoms with Crippen molar-refractivity contribution < 1.29 is 18.8 Å². The van der Waals surface area contributed by atoms with E-state index in [4.69, 9.17) is 9.26 Å². The van der Waals surface area contributed by atoms with E-state index >= 15 is 0 Å². The van der Waals surface area contributed by atoms with Crippen molar-refractivity contribution in [3.05, 3.63) is 17.5 Å². The first-order valence-corrected chi connectivity index (χ1v) is 7.25. The van der Waals surface area contributed by atoms with Crippen LogP contribution in [0.3, 0.4) is 0 Å². The molecular formula is C14H19N3O4. The second-order valence-electron chi connectivity index (χ2n) is 5.61. The van der Waals surface area contributed by atoms with Crippen LogP contribution < -0.4 is 5.32 Å². The van der Waals surface area contributed by atoms with Crippen molar-refractivity contribution in [1.29, 1.82) is 0 Å². The molecule has 3 heterocycles. The number of amides is 2. The summed E-state index contributed by atoms with van der Waals surface area (Å²) >= 11 is 0. The number of hydrogen-bond donors (Lipinski definition) is 1. The van der Waals surface area contributed by atoms with E-state index in [1.807, 2.05) is 0 Å². The van der Waals surface area contributed by atoms with Gasteiger partial charge in [-0.15, -0.1) is 0 Å². The lowest BCUT2D eigenvalue weighted by molar-refractivity contribution is -0.129. The molecule has 7 nitrogen and oxygen atoms in total. The predicted molar refractivity (Wildman–Crippen MR) is 72.6 cm³/mol. The van der Waals surface area contributed by atoms with E-state index in [2.05, 4.69) is 10.5 Å². The van der Waals surface area contributed by atoms with E-state index in [0.717, 1.165) is 19.4 Å². The number of nitrogens with one attached hydrogen (secondary N) is 1. The number of hydrogen-bond acceptors (Lipinski definition) is 5. The molecule has 1 aromatic heterocycles. The molecule has 0 bridgehead atoms. The first kappa shape index (κ1) is 14.1. The summed E-state index contributed by atoms with van der Waals surface area (Å²) in [5.74, 6) is 0.272. The molecule has 2 amide bonds. The SMILES string of the molecule is Cc1cc(C(=O)N2CC(C(=O)NCC3CCCO3)C2)no1. The zero-order valence-electron chi connectivity index (χ0n) is 12.0. The Labute approximate surface area is 122 Å². The molecule has 3 rings (SSSR count). The molecule has 2 aliphatic rings. The quantitative estimate of drug-likeness (QED) is 0.866. The summed E-state index contributed by atoms with van der Waals surface area (Å²) < 4.78 is 10.3. The zero-order chi connectivity index (χ0) is 14.8. The Morgan fingerprint density at radius 1 is 1.48 bits per heavy atom. The number of carbonyl (C=O) groups is 2. The molecule has 0 aliphatic carbocycles. The molecule has 2 saturated heterocycles. The Kier molecular flexibility index (Phi) is 3.92. The first-order chi connectivity index (χ1) is 10.1. The highest BCUT2D eigenvalue weighted by atomic mass is 16.5. The number of carbonyl (C=O) groups excluding carboxylic acids is 2. The van der Waals surface area contributed by atoms with Gasteiger partial charge in [-0.1, -0.05) is 5.16 Å². The van der Waals surface area contributed by atoms with Crippen molar-refractivity contribution >= 4 is 11.8 Å². The molecule has 0 radical (unpaired) electrons. The molecule has 0 saturated carbocycles. The lowest BCUT2D eigenvalue weighted by Crippen LogP contribution is -2.56. The third kappa shape index (κ3) is 3.07. The highest BCUT2D eigenvalue weighted by Gasteiger charge is 2.37. The van der Waals surface area contributed by atoms with E-state index in [0.29, 0.717) is 31.1 Å².